The standard InChI is InChI=1S/C24H28OP2/c1-19(2)26(20(3)4)23-17-11-12-18-24(23)27(25,21-13-7-5-8-14-21)22-15-9-6-10-16-22/h5-20H,1-4H3. The SMILES string of the molecule is CC(C)P(c1ccccc1P(=O)(c1ccccc1)c1ccccc1)C(C)C. The van der Waals surface area contributed by atoms with Crippen LogP contribution in [0.15, 0.2) is 84.9 Å². The Hall–Kier alpha value is -1.68. The Kier molecular flexibility index (Phi) is 6.36. The summed E-state index contributed by atoms with van der Waals surface area (Å²) in [6, 6.07) is 28.4. The molecular weight excluding hydrogens is 366 g/mol. The maximum absolute atomic E-state index is 14.8. The minimum absolute atomic E-state index is 0.412. The van der Waals surface area contributed by atoms with Crippen LogP contribution in [-0.4, -0.2) is 11.3 Å². The maximum Gasteiger partial charge on any atom is 0.171 e. The number of benzene rings is 3. The lowest BCUT2D eigenvalue weighted by atomic mass is 10.3. The van der Waals surface area contributed by atoms with E-state index in [1.807, 2.05) is 66.7 Å². The van der Waals surface area contributed by atoms with Crippen molar-refractivity contribution >= 4 is 36.3 Å². The summed E-state index contributed by atoms with van der Waals surface area (Å²) < 4.78 is 14.8. The highest BCUT2D eigenvalue weighted by molar-refractivity contribution is 7.87. The molecule has 0 amide bonds. The van der Waals surface area contributed by atoms with E-state index in [9.17, 15) is 4.57 Å². The van der Waals surface area contributed by atoms with Crippen molar-refractivity contribution in [2.45, 2.75) is 39.0 Å². The van der Waals surface area contributed by atoms with Crippen molar-refractivity contribution in [3.05, 3.63) is 84.9 Å². The third-order valence-corrected chi connectivity index (χ3v) is 11.3. The van der Waals surface area contributed by atoms with Crippen LogP contribution in [0.5, 0.6) is 0 Å². The van der Waals surface area contributed by atoms with Crippen LogP contribution in [0.3, 0.4) is 0 Å². The van der Waals surface area contributed by atoms with Crippen LogP contribution in [0.1, 0.15) is 27.7 Å². The summed E-state index contributed by atoms with van der Waals surface area (Å²) in [4.78, 5) is 0. The summed E-state index contributed by atoms with van der Waals surface area (Å²) in [7, 11) is -3.34. The summed E-state index contributed by atoms with van der Waals surface area (Å²) in [6.45, 7) is 9.16. The first kappa shape index (κ1) is 20.1. The fourth-order valence-corrected chi connectivity index (χ4v) is 10.2. The van der Waals surface area contributed by atoms with Crippen LogP contribution < -0.4 is 21.2 Å². The molecule has 0 aliphatic rings. The summed E-state index contributed by atoms with van der Waals surface area (Å²) >= 11 is 0. The van der Waals surface area contributed by atoms with Gasteiger partial charge in [0.2, 0.25) is 0 Å². The highest BCUT2D eigenvalue weighted by atomic mass is 31.2. The molecule has 3 aromatic carbocycles. The first-order chi connectivity index (χ1) is 13.0. The monoisotopic (exact) mass is 394 g/mol. The highest BCUT2D eigenvalue weighted by Gasteiger charge is 2.34. The zero-order valence-corrected chi connectivity index (χ0v) is 18.3. The van der Waals surface area contributed by atoms with E-state index >= 15 is 0 Å². The molecule has 0 unspecified atom stereocenters. The number of rotatable bonds is 6. The van der Waals surface area contributed by atoms with E-state index in [0.29, 0.717) is 11.3 Å². The van der Waals surface area contributed by atoms with Gasteiger partial charge in [0.1, 0.15) is 0 Å². The molecule has 0 atom stereocenters. The topological polar surface area (TPSA) is 17.1 Å². The minimum atomic E-state index is -2.93. The Labute approximate surface area is 165 Å². The molecule has 3 heteroatoms. The fraction of sp³-hybridized carbons (Fsp3) is 0.250. The first-order valence-electron chi connectivity index (χ1n) is 9.55. The van der Waals surface area contributed by atoms with Crippen LogP contribution in [0.25, 0.3) is 0 Å². The predicted molar refractivity (Wildman–Crippen MR) is 123 cm³/mol. The highest BCUT2D eigenvalue weighted by Crippen LogP contribution is 2.49. The van der Waals surface area contributed by atoms with Crippen LogP contribution in [0.4, 0.5) is 0 Å². The van der Waals surface area contributed by atoms with Crippen molar-refractivity contribution < 1.29 is 4.57 Å². The molecule has 0 aliphatic carbocycles. The lowest BCUT2D eigenvalue weighted by Gasteiger charge is -2.31. The van der Waals surface area contributed by atoms with Gasteiger partial charge in [0.25, 0.3) is 0 Å². The molecule has 0 heterocycles. The molecule has 0 aromatic heterocycles. The first-order valence-corrected chi connectivity index (χ1v) is 12.7. The van der Waals surface area contributed by atoms with Crippen LogP contribution in [0.2, 0.25) is 0 Å². The van der Waals surface area contributed by atoms with E-state index in [1.54, 1.807) is 0 Å². The van der Waals surface area contributed by atoms with Gasteiger partial charge in [-0.1, -0.05) is 121 Å². The van der Waals surface area contributed by atoms with Gasteiger partial charge < -0.3 is 4.57 Å². The smallest absolute Gasteiger partial charge is 0.171 e. The maximum atomic E-state index is 14.8. The molecule has 3 rings (SSSR count). The summed E-state index contributed by atoms with van der Waals surface area (Å²) in [6.07, 6.45) is 0. The van der Waals surface area contributed by atoms with Crippen LogP contribution >= 0.6 is 15.1 Å². The Bertz CT molecular complexity index is 866. The van der Waals surface area contributed by atoms with Gasteiger partial charge in [-0.3, -0.25) is 0 Å². The number of hydrogen-bond acceptors (Lipinski definition) is 1. The molecule has 0 radical (unpaired) electrons. The lowest BCUT2D eigenvalue weighted by Crippen LogP contribution is -2.35. The quantitative estimate of drug-likeness (QED) is 0.522. The largest absolute Gasteiger partial charge is 0.309 e. The molecule has 140 valence electrons. The van der Waals surface area contributed by atoms with Crippen molar-refractivity contribution in [3.8, 4) is 0 Å². The summed E-state index contributed by atoms with van der Waals surface area (Å²) in [5, 5.41) is 4.11. The second-order valence-corrected chi connectivity index (χ2v) is 13.5. The van der Waals surface area contributed by atoms with E-state index in [0.717, 1.165) is 15.9 Å². The average Bonchev–Trinajstić information content (AvgIpc) is 2.68. The molecule has 3 aromatic rings. The van der Waals surface area contributed by atoms with E-state index in [-0.39, 0.29) is 0 Å². The second kappa shape index (κ2) is 8.55. The zero-order chi connectivity index (χ0) is 19.4. The van der Waals surface area contributed by atoms with Gasteiger partial charge in [-0.05, 0) is 16.6 Å². The van der Waals surface area contributed by atoms with Gasteiger partial charge in [0.05, 0.1) is 0 Å². The number of hydrogen-bond donors (Lipinski definition) is 0. The molecular formula is C24H28OP2. The third-order valence-electron chi connectivity index (χ3n) is 4.85. The molecule has 0 saturated heterocycles. The predicted octanol–water partition coefficient (Wildman–Crippen LogP) is 5.25. The van der Waals surface area contributed by atoms with Crippen molar-refractivity contribution in [2.24, 2.45) is 0 Å². The van der Waals surface area contributed by atoms with Crippen LogP contribution in [-0.2, 0) is 4.57 Å². The van der Waals surface area contributed by atoms with Gasteiger partial charge in [0.15, 0.2) is 7.14 Å². The lowest BCUT2D eigenvalue weighted by molar-refractivity contribution is 0.592. The Morgan fingerprint density at radius 1 is 0.630 bits per heavy atom. The molecule has 0 bridgehead atoms. The van der Waals surface area contributed by atoms with Gasteiger partial charge in [-0.25, -0.2) is 0 Å². The minimum Gasteiger partial charge on any atom is -0.309 e. The normalized spacial score (nSPS) is 12.1. The molecule has 1 nitrogen and oxygen atoms in total. The van der Waals surface area contributed by atoms with Crippen molar-refractivity contribution in [3.63, 3.8) is 0 Å². The molecule has 0 N–H and O–H groups in total. The van der Waals surface area contributed by atoms with E-state index in [2.05, 4.69) is 45.9 Å². The summed E-state index contributed by atoms with van der Waals surface area (Å²) in [5.74, 6) is 0. The van der Waals surface area contributed by atoms with Gasteiger partial charge in [0, 0.05) is 15.9 Å². The Balaban J connectivity index is 2.32. The average molecular weight is 394 g/mol. The van der Waals surface area contributed by atoms with Crippen molar-refractivity contribution in [2.75, 3.05) is 0 Å². The van der Waals surface area contributed by atoms with E-state index in [1.165, 1.54) is 5.30 Å². The van der Waals surface area contributed by atoms with E-state index in [4.69, 9.17) is 0 Å². The molecule has 27 heavy (non-hydrogen) atoms. The van der Waals surface area contributed by atoms with Crippen LogP contribution in [0, 0.1) is 0 Å². The molecule has 0 fully saturated rings. The van der Waals surface area contributed by atoms with Gasteiger partial charge >= 0.3 is 0 Å². The Morgan fingerprint density at radius 3 is 1.48 bits per heavy atom. The van der Waals surface area contributed by atoms with Crippen molar-refractivity contribution in [1.29, 1.82) is 0 Å². The fourth-order valence-electron chi connectivity index (χ4n) is 3.80. The second-order valence-electron chi connectivity index (χ2n) is 7.36. The Morgan fingerprint density at radius 2 is 1.04 bits per heavy atom. The molecule has 0 spiro atoms. The summed E-state index contributed by atoms with van der Waals surface area (Å²) in [5.41, 5.74) is 1.09. The van der Waals surface area contributed by atoms with E-state index < -0.39 is 15.1 Å². The molecule has 0 aliphatic heterocycles. The van der Waals surface area contributed by atoms with Gasteiger partial charge in [-0.15, -0.1) is 0 Å². The zero-order valence-electron chi connectivity index (χ0n) is 16.5. The van der Waals surface area contributed by atoms with Gasteiger partial charge in [-0.2, -0.15) is 0 Å². The van der Waals surface area contributed by atoms with Crippen molar-refractivity contribution in [1.82, 2.24) is 0 Å². The third kappa shape index (κ3) is 3.96. The molecule has 0 saturated carbocycles.